The number of hydroxylamine groups is 1. The Labute approximate surface area is 180 Å². The fourth-order valence-corrected chi connectivity index (χ4v) is 4.45. The number of ether oxygens (including phenoxy) is 2. The molecule has 1 fully saturated rings. The molecule has 2 amide bonds. The molecule has 1 N–H and O–H groups in total. The molecule has 0 aliphatic carbocycles. The number of urea groups is 1. The van der Waals surface area contributed by atoms with Crippen molar-refractivity contribution >= 4 is 16.9 Å². The number of amides is 2. The van der Waals surface area contributed by atoms with Gasteiger partial charge in [0.1, 0.15) is 5.75 Å². The summed E-state index contributed by atoms with van der Waals surface area (Å²) in [7, 11) is 1.43. The topological polar surface area (TPSA) is 72.9 Å². The average molecular weight is 419 g/mol. The van der Waals surface area contributed by atoms with Crippen LogP contribution < -0.4 is 10.2 Å². The molecule has 1 saturated heterocycles. The number of carbonyl (C=O) groups is 1. The molecule has 0 radical (unpaired) electrons. The number of nitrogens with zero attached hydrogens (tertiary/aromatic N) is 2. The Kier molecular flexibility index (Phi) is 5.00. The first kappa shape index (κ1) is 19.8. The number of nitrogens with one attached hydrogen (secondary N) is 1. The van der Waals surface area contributed by atoms with Gasteiger partial charge in [0.05, 0.1) is 19.2 Å². The molecule has 2 aliphatic rings. The van der Waals surface area contributed by atoms with Gasteiger partial charge in [-0.3, -0.25) is 9.82 Å². The molecule has 1 spiro atoms. The highest BCUT2D eigenvalue weighted by molar-refractivity contribution is 5.88. The molecule has 7 heteroatoms. The number of benzene rings is 2. The Morgan fingerprint density at radius 1 is 1.19 bits per heavy atom. The summed E-state index contributed by atoms with van der Waals surface area (Å²) in [6.07, 6.45) is 3.05. The van der Waals surface area contributed by atoms with Crippen molar-refractivity contribution < 1.29 is 19.1 Å². The van der Waals surface area contributed by atoms with Gasteiger partial charge in [0.15, 0.2) is 0 Å². The molecular weight excluding hydrogens is 394 g/mol. The highest BCUT2D eigenvalue weighted by Crippen LogP contribution is 2.40. The monoisotopic (exact) mass is 419 g/mol. The van der Waals surface area contributed by atoms with Crippen LogP contribution >= 0.6 is 0 Å². The molecule has 7 nitrogen and oxygen atoms in total. The van der Waals surface area contributed by atoms with Gasteiger partial charge in [-0.2, -0.15) is 0 Å². The van der Waals surface area contributed by atoms with E-state index in [1.807, 2.05) is 18.3 Å². The Morgan fingerprint density at radius 2 is 2.03 bits per heavy atom. The molecule has 3 aromatic rings. The van der Waals surface area contributed by atoms with Crippen molar-refractivity contribution in [2.24, 2.45) is 0 Å². The molecule has 0 unspecified atom stereocenters. The third-order valence-corrected chi connectivity index (χ3v) is 6.19. The van der Waals surface area contributed by atoms with Gasteiger partial charge in [-0.05, 0) is 41.8 Å². The first-order valence-corrected chi connectivity index (χ1v) is 10.5. The number of piperidine rings is 1. The average Bonchev–Trinajstić information content (AvgIpc) is 2.80. The molecule has 160 valence electrons. The van der Waals surface area contributed by atoms with E-state index >= 15 is 0 Å². The number of hydrogen-bond acceptors (Lipinski definition) is 5. The number of likely N-dealkylation sites (tertiary alicyclic amines) is 1. The summed E-state index contributed by atoms with van der Waals surface area (Å²) in [6.45, 7) is 3.69. The Balaban J connectivity index is 1.36. The van der Waals surface area contributed by atoms with E-state index in [4.69, 9.17) is 14.3 Å². The summed E-state index contributed by atoms with van der Waals surface area (Å²) in [5, 5.41) is 1.14. The van der Waals surface area contributed by atoms with Crippen molar-refractivity contribution in [3.05, 3.63) is 59.8 Å². The van der Waals surface area contributed by atoms with Crippen molar-refractivity contribution in [1.29, 1.82) is 0 Å². The Bertz CT molecular complexity index is 1140. The number of hydrogen-bond donors (Lipinski definition) is 1. The van der Waals surface area contributed by atoms with Crippen LogP contribution in [-0.4, -0.2) is 41.9 Å². The maximum absolute atomic E-state index is 12.0. The number of fused-ring (bicyclic) bond motifs is 2. The predicted octanol–water partition coefficient (Wildman–Crippen LogP) is 4.18. The third-order valence-electron chi connectivity index (χ3n) is 6.19. The van der Waals surface area contributed by atoms with E-state index in [-0.39, 0.29) is 6.03 Å². The lowest BCUT2D eigenvalue weighted by molar-refractivity contribution is -0.225. The number of pyridine rings is 1. The normalized spacial score (nSPS) is 17.3. The van der Waals surface area contributed by atoms with Crippen LogP contribution in [0.25, 0.3) is 22.0 Å². The van der Waals surface area contributed by atoms with Crippen LogP contribution in [0.3, 0.4) is 0 Å². The van der Waals surface area contributed by atoms with Gasteiger partial charge in [-0.25, -0.2) is 10.3 Å². The minimum absolute atomic E-state index is 0.238. The number of rotatable bonds is 2. The number of aryl methyl sites for hydroxylation is 1. The molecule has 2 aliphatic heterocycles. The summed E-state index contributed by atoms with van der Waals surface area (Å²) in [4.78, 5) is 22.9. The van der Waals surface area contributed by atoms with Gasteiger partial charge < -0.3 is 14.4 Å². The predicted molar refractivity (Wildman–Crippen MR) is 116 cm³/mol. The van der Waals surface area contributed by atoms with Crippen molar-refractivity contribution in [2.45, 2.75) is 32.2 Å². The second-order valence-corrected chi connectivity index (χ2v) is 8.04. The zero-order valence-corrected chi connectivity index (χ0v) is 17.7. The molecule has 1 aromatic heterocycles. The van der Waals surface area contributed by atoms with Crippen molar-refractivity contribution in [3.63, 3.8) is 0 Å². The van der Waals surface area contributed by atoms with E-state index in [0.29, 0.717) is 32.5 Å². The first-order valence-electron chi connectivity index (χ1n) is 10.5. The van der Waals surface area contributed by atoms with Gasteiger partial charge in [-0.15, -0.1) is 0 Å². The van der Waals surface area contributed by atoms with Gasteiger partial charge in [0.2, 0.25) is 5.79 Å². The smallest absolute Gasteiger partial charge is 0.341 e. The molecule has 0 atom stereocenters. The summed E-state index contributed by atoms with van der Waals surface area (Å²) >= 11 is 0. The molecule has 3 heterocycles. The molecule has 0 bridgehead atoms. The molecule has 2 aromatic carbocycles. The Morgan fingerprint density at radius 3 is 2.84 bits per heavy atom. The highest BCUT2D eigenvalue weighted by Gasteiger charge is 2.42. The minimum atomic E-state index is -0.679. The van der Waals surface area contributed by atoms with Crippen molar-refractivity contribution in [2.75, 3.05) is 20.2 Å². The minimum Gasteiger partial charge on any atom is -0.462 e. The molecule has 31 heavy (non-hydrogen) atoms. The van der Waals surface area contributed by atoms with E-state index in [1.165, 1.54) is 7.11 Å². The van der Waals surface area contributed by atoms with E-state index in [2.05, 4.69) is 47.7 Å². The highest BCUT2D eigenvalue weighted by atomic mass is 16.7. The van der Waals surface area contributed by atoms with Gasteiger partial charge in [0.25, 0.3) is 0 Å². The second-order valence-electron chi connectivity index (χ2n) is 8.04. The Hall–Kier alpha value is -3.16. The van der Waals surface area contributed by atoms with Gasteiger partial charge in [0, 0.05) is 43.1 Å². The lowest BCUT2D eigenvalue weighted by Crippen LogP contribution is -2.54. The molecular formula is C24H25N3O4. The van der Waals surface area contributed by atoms with Crippen LogP contribution in [0.5, 0.6) is 5.75 Å². The quantitative estimate of drug-likeness (QED) is 0.631. The zero-order valence-electron chi connectivity index (χ0n) is 17.7. The standard InChI is InChI=1S/C24H25N3O4/c1-16-20(7-5-17-4-3-11-25-22(16)17)18-6-8-21-19(14-18)15-30-24(31-21)9-12-27(13-10-24)23(28)26-29-2/h3-8,11,14H,9-10,12-13,15H2,1-2H3,(H,26,28). The summed E-state index contributed by atoms with van der Waals surface area (Å²) < 4.78 is 12.5. The summed E-state index contributed by atoms with van der Waals surface area (Å²) in [5.74, 6) is 0.169. The van der Waals surface area contributed by atoms with E-state index in [0.717, 1.165) is 38.9 Å². The third kappa shape index (κ3) is 3.60. The largest absolute Gasteiger partial charge is 0.462 e. The first-order chi connectivity index (χ1) is 15.1. The fraction of sp³-hybridized carbons (Fsp3) is 0.333. The number of aromatic nitrogens is 1. The lowest BCUT2D eigenvalue weighted by Gasteiger charge is -2.43. The van der Waals surface area contributed by atoms with Gasteiger partial charge in [-0.1, -0.05) is 24.3 Å². The van der Waals surface area contributed by atoms with Crippen LogP contribution in [0.4, 0.5) is 4.79 Å². The van der Waals surface area contributed by atoms with Crippen LogP contribution in [0.2, 0.25) is 0 Å². The summed E-state index contributed by atoms with van der Waals surface area (Å²) in [5.41, 5.74) is 7.86. The van der Waals surface area contributed by atoms with E-state index in [9.17, 15) is 4.79 Å². The van der Waals surface area contributed by atoms with Crippen LogP contribution in [0.1, 0.15) is 24.0 Å². The zero-order chi connectivity index (χ0) is 21.4. The molecule has 5 rings (SSSR count). The maximum Gasteiger partial charge on any atom is 0.341 e. The second kappa shape index (κ2) is 7.83. The SMILES string of the molecule is CONC(=O)N1CCC2(CC1)OCc1cc(-c3ccc4cccnc4c3C)ccc1O2. The maximum atomic E-state index is 12.0. The van der Waals surface area contributed by atoms with Gasteiger partial charge >= 0.3 is 6.03 Å². The fourth-order valence-electron chi connectivity index (χ4n) is 4.45. The van der Waals surface area contributed by atoms with Crippen LogP contribution in [0.15, 0.2) is 48.7 Å². The van der Waals surface area contributed by atoms with Crippen LogP contribution in [-0.2, 0) is 16.2 Å². The lowest BCUT2D eigenvalue weighted by atomic mass is 9.95. The van der Waals surface area contributed by atoms with E-state index < -0.39 is 5.79 Å². The number of carbonyl (C=O) groups excluding carboxylic acids is 1. The van der Waals surface area contributed by atoms with Crippen molar-refractivity contribution in [1.82, 2.24) is 15.4 Å². The molecule has 0 saturated carbocycles. The van der Waals surface area contributed by atoms with E-state index in [1.54, 1.807) is 4.90 Å². The summed E-state index contributed by atoms with van der Waals surface area (Å²) in [6, 6.07) is 14.3. The van der Waals surface area contributed by atoms with Crippen molar-refractivity contribution in [3.8, 4) is 16.9 Å². The van der Waals surface area contributed by atoms with Crippen LogP contribution in [0, 0.1) is 6.92 Å².